The Balaban J connectivity index is 2.07. The standard InChI is InChI=1S/C11H7ClN2O2/c12-10-3-4-13-11(14-10)7-1-2-8-9(5-7)16-6-15-8/h1-5H,6H2. The van der Waals surface area contributed by atoms with Crippen LogP contribution in [0.4, 0.5) is 0 Å². The first kappa shape index (κ1) is 9.42. The van der Waals surface area contributed by atoms with E-state index >= 15 is 0 Å². The number of aromatic nitrogens is 2. The summed E-state index contributed by atoms with van der Waals surface area (Å²) in [5, 5.41) is 0.419. The Morgan fingerprint density at radius 2 is 2.00 bits per heavy atom. The maximum Gasteiger partial charge on any atom is 0.231 e. The Kier molecular flexibility index (Phi) is 2.15. The Bertz CT molecular complexity index is 545. The van der Waals surface area contributed by atoms with Crippen molar-refractivity contribution in [1.29, 1.82) is 0 Å². The third-order valence-corrected chi connectivity index (χ3v) is 2.46. The number of rotatable bonds is 1. The van der Waals surface area contributed by atoms with Crippen LogP contribution in [0.2, 0.25) is 5.15 Å². The molecular weight excluding hydrogens is 228 g/mol. The summed E-state index contributed by atoms with van der Waals surface area (Å²) in [6.07, 6.45) is 1.62. The molecule has 80 valence electrons. The molecule has 1 aromatic carbocycles. The lowest BCUT2D eigenvalue weighted by Crippen LogP contribution is -1.93. The molecule has 0 aliphatic carbocycles. The molecule has 0 atom stereocenters. The first-order chi connectivity index (χ1) is 7.83. The first-order valence-electron chi connectivity index (χ1n) is 4.71. The van der Waals surface area contributed by atoms with Gasteiger partial charge in [-0.3, -0.25) is 0 Å². The summed E-state index contributed by atoms with van der Waals surface area (Å²) in [6.45, 7) is 0.259. The van der Waals surface area contributed by atoms with Crippen LogP contribution in [0.25, 0.3) is 11.4 Å². The van der Waals surface area contributed by atoms with E-state index in [-0.39, 0.29) is 6.79 Å². The summed E-state index contributed by atoms with van der Waals surface area (Å²) < 4.78 is 10.5. The van der Waals surface area contributed by atoms with Gasteiger partial charge in [0.05, 0.1) is 0 Å². The third-order valence-electron chi connectivity index (χ3n) is 2.25. The lowest BCUT2D eigenvalue weighted by Gasteiger charge is -2.01. The predicted octanol–water partition coefficient (Wildman–Crippen LogP) is 2.53. The largest absolute Gasteiger partial charge is 0.454 e. The minimum absolute atomic E-state index is 0.259. The molecule has 0 saturated heterocycles. The summed E-state index contributed by atoms with van der Waals surface area (Å²) >= 11 is 5.80. The molecule has 1 aromatic heterocycles. The molecule has 3 rings (SSSR count). The van der Waals surface area contributed by atoms with Crippen LogP contribution in [0.1, 0.15) is 0 Å². The van der Waals surface area contributed by atoms with Crippen molar-refractivity contribution in [2.75, 3.05) is 6.79 Å². The minimum Gasteiger partial charge on any atom is -0.454 e. The van der Waals surface area contributed by atoms with Gasteiger partial charge >= 0.3 is 0 Å². The highest BCUT2D eigenvalue weighted by Crippen LogP contribution is 2.34. The second-order valence-corrected chi connectivity index (χ2v) is 3.66. The van der Waals surface area contributed by atoms with Crippen molar-refractivity contribution < 1.29 is 9.47 Å². The maximum absolute atomic E-state index is 5.80. The molecule has 0 fully saturated rings. The fourth-order valence-corrected chi connectivity index (χ4v) is 1.65. The van der Waals surface area contributed by atoms with E-state index in [9.17, 15) is 0 Å². The van der Waals surface area contributed by atoms with Crippen molar-refractivity contribution >= 4 is 11.6 Å². The number of benzene rings is 1. The second-order valence-electron chi connectivity index (χ2n) is 3.27. The molecule has 0 saturated carbocycles. The molecule has 0 unspecified atom stereocenters. The zero-order chi connectivity index (χ0) is 11.0. The molecule has 0 radical (unpaired) electrons. The molecule has 4 nitrogen and oxygen atoms in total. The van der Waals surface area contributed by atoms with E-state index in [1.165, 1.54) is 0 Å². The molecular formula is C11H7ClN2O2. The lowest BCUT2D eigenvalue weighted by atomic mass is 10.2. The van der Waals surface area contributed by atoms with Crippen LogP contribution in [-0.4, -0.2) is 16.8 Å². The molecule has 5 heteroatoms. The zero-order valence-electron chi connectivity index (χ0n) is 8.18. The van der Waals surface area contributed by atoms with Gasteiger partial charge in [-0.2, -0.15) is 0 Å². The number of ether oxygens (including phenoxy) is 2. The molecule has 2 heterocycles. The van der Waals surface area contributed by atoms with Crippen molar-refractivity contribution in [3.05, 3.63) is 35.6 Å². The zero-order valence-corrected chi connectivity index (χ0v) is 8.94. The lowest BCUT2D eigenvalue weighted by molar-refractivity contribution is 0.174. The number of fused-ring (bicyclic) bond motifs is 1. The molecule has 2 aromatic rings. The van der Waals surface area contributed by atoms with Gasteiger partial charge in [0.1, 0.15) is 5.15 Å². The molecule has 0 N–H and O–H groups in total. The van der Waals surface area contributed by atoms with Crippen LogP contribution in [0.15, 0.2) is 30.5 Å². The minimum atomic E-state index is 0.259. The third kappa shape index (κ3) is 1.57. The monoisotopic (exact) mass is 234 g/mol. The van der Waals surface area contributed by atoms with Gasteiger partial charge in [-0.25, -0.2) is 9.97 Å². The van der Waals surface area contributed by atoms with Crippen molar-refractivity contribution in [3.63, 3.8) is 0 Å². The quantitative estimate of drug-likeness (QED) is 0.712. The van der Waals surface area contributed by atoms with Crippen LogP contribution in [0.5, 0.6) is 11.5 Å². The van der Waals surface area contributed by atoms with Crippen molar-refractivity contribution in [1.82, 2.24) is 9.97 Å². The van der Waals surface area contributed by atoms with Gasteiger partial charge < -0.3 is 9.47 Å². The molecule has 0 spiro atoms. The molecule has 1 aliphatic rings. The second kappa shape index (κ2) is 3.64. The smallest absolute Gasteiger partial charge is 0.231 e. The highest BCUT2D eigenvalue weighted by Gasteiger charge is 2.14. The number of hydrogen-bond acceptors (Lipinski definition) is 4. The summed E-state index contributed by atoms with van der Waals surface area (Å²) in [4.78, 5) is 8.27. The molecule has 0 bridgehead atoms. The molecule has 1 aliphatic heterocycles. The van der Waals surface area contributed by atoms with E-state index in [1.807, 2.05) is 18.2 Å². The van der Waals surface area contributed by atoms with E-state index in [4.69, 9.17) is 21.1 Å². The topological polar surface area (TPSA) is 44.2 Å². The van der Waals surface area contributed by atoms with Crippen LogP contribution >= 0.6 is 11.6 Å². The SMILES string of the molecule is Clc1ccnc(-c2ccc3c(c2)OCO3)n1. The van der Waals surface area contributed by atoms with Crippen LogP contribution in [-0.2, 0) is 0 Å². The van der Waals surface area contributed by atoms with E-state index < -0.39 is 0 Å². The average molecular weight is 235 g/mol. The molecule has 16 heavy (non-hydrogen) atoms. The van der Waals surface area contributed by atoms with Crippen LogP contribution < -0.4 is 9.47 Å². The summed E-state index contributed by atoms with van der Waals surface area (Å²) in [7, 11) is 0. The van der Waals surface area contributed by atoms with Crippen molar-refractivity contribution in [2.24, 2.45) is 0 Å². The van der Waals surface area contributed by atoms with Gasteiger partial charge in [0.15, 0.2) is 17.3 Å². The predicted molar refractivity (Wildman–Crippen MR) is 58.6 cm³/mol. The van der Waals surface area contributed by atoms with Gasteiger partial charge in [-0.05, 0) is 24.3 Å². The van der Waals surface area contributed by atoms with Gasteiger partial charge in [-0.1, -0.05) is 11.6 Å². The van der Waals surface area contributed by atoms with E-state index in [0.717, 1.165) is 11.3 Å². The van der Waals surface area contributed by atoms with Crippen molar-refractivity contribution in [3.8, 4) is 22.9 Å². The van der Waals surface area contributed by atoms with E-state index in [0.29, 0.717) is 16.7 Å². The first-order valence-corrected chi connectivity index (χ1v) is 5.09. The normalized spacial score (nSPS) is 12.8. The highest BCUT2D eigenvalue weighted by atomic mass is 35.5. The Morgan fingerprint density at radius 3 is 2.88 bits per heavy atom. The van der Waals surface area contributed by atoms with Gasteiger partial charge in [0.25, 0.3) is 0 Å². The number of hydrogen-bond donors (Lipinski definition) is 0. The van der Waals surface area contributed by atoms with Gasteiger partial charge in [0.2, 0.25) is 6.79 Å². The summed E-state index contributed by atoms with van der Waals surface area (Å²) in [5.74, 6) is 2.03. The summed E-state index contributed by atoms with van der Waals surface area (Å²) in [5.41, 5.74) is 0.853. The highest BCUT2D eigenvalue weighted by molar-refractivity contribution is 6.29. The summed E-state index contributed by atoms with van der Waals surface area (Å²) in [6, 6.07) is 7.19. The van der Waals surface area contributed by atoms with Crippen LogP contribution in [0.3, 0.4) is 0 Å². The number of nitrogens with zero attached hydrogens (tertiary/aromatic N) is 2. The van der Waals surface area contributed by atoms with Crippen molar-refractivity contribution in [2.45, 2.75) is 0 Å². The Labute approximate surface area is 96.8 Å². The maximum atomic E-state index is 5.80. The van der Waals surface area contributed by atoms with E-state index in [2.05, 4.69) is 9.97 Å². The van der Waals surface area contributed by atoms with Gasteiger partial charge in [-0.15, -0.1) is 0 Å². The number of halogens is 1. The average Bonchev–Trinajstić information content (AvgIpc) is 2.75. The fraction of sp³-hybridized carbons (Fsp3) is 0.0909. The fourth-order valence-electron chi connectivity index (χ4n) is 1.51. The molecule has 0 amide bonds. The Morgan fingerprint density at radius 1 is 1.12 bits per heavy atom. The van der Waals surface area contributed by atoms with Gasteiger partial charge in [0, 0.05) is 11.8 Å². The van der Waals surface area contributed by atoms with Crippen LogP contribution in [0, 0.1) is 0 Å². The Hall–Kier alpha value is -1.81. The van der Waals surface area contributed by atoms with E-state index in [1.54, 1.807) is 12.3 Å².